The van der Waals surface area contributed by atoms with Gasteiger partial charge >= 0.3 is 151 Å². The van der Waals surface area contributed by atoms with E-state index in [1.807, 2.05) is 0 Å². The SMILES string of the molecule is CC(C)(C)c1ccc([C](=[Zr+2])c2ccc(C(C)(C)C)cc2)cc1.CC1(C)[C-]=Cc2cc3c(cc21)Cc1cc2c(cc1-3)C=CC2(C)C.Cc1c[cH-]c(C)c1.[Cl-].[Cl-]. The van der Waals surface area contributed by atoms with E-state index in [4.69, 9.17) is 0 Å². The molecule has 54 heavy (non-hydrogen) atoms. The Bertz CT molecular complexity index is 2030. The van der Waals surface area contributed by atoms with E-state index >= 15 is 0 Å². The molecule has 0 amide bonds. The normalized spacial score (nSPS) is 14.9. The maximum atomic E-state index is 3.50. The minimum atomic E-state index is 0. The van der Waals surface area contributed by atoms with E-state index < -0.39 is 0 Å². The van der Waals surface area contributed by atoms with Crippen LogP contribution < -0.4 is 24.8 Å². The summed E-state index contributed by atoms with van der Waals surface area (Å²) in [5.41, 5.74) is 20.3. The molecule has 0 aliphatic heterocycles. The number of hydrogen-bond donors (Lipinski definition) is 0. The predicted octanol–water partition coefficient (Wildman–Crippen LogP) is 7.10. The summed E-state index contributed by atoms with van der Waals surface area (Å²) in [5, 5.41) is 0. The van der Waals surface area contributed by atoms with Crippen LogP contribution in [0.1, 0.15) is 136 Å². The van der Waals surface area contributed by atoms with E-state index in [-0.39, 0.29) is 46.5 Å². The van der Waals surface area contributed by atoms with E-state index in [1.165, 1.54) is 105 Å². The average molecular weight is 831 g/mol. The molecule has 0 bridgehead atoms. The van der Waals surface area contributed by atoms with Crippen molar-refractivity contribution in [2.75, 3.05) is 0 Å². The van der Waals surface area contributed by atoms with Gasteiger partial charge in [-0.25, -0.2) is 17.7 Å². The molecule has 5 aromatic rings. The summed E-state index contributed by atoms with van der Waals surface area (Å²) < 4.78 is 1.42. The van der Waals surface area contributed by atoms with Gasteiger partial charge in [0, 0.05) is 5.41 Å². The quantitative estimate of drug-likeness (QED) is 0.164. The van der Waals surface area contributed by atoms with Gasteiger partial charge in [0.05, 0.1) is 0 Å². The van der Waals surface area contributed by atoms with E-state index in [2.05, 4.69) is 198 Å². The van der Waals surface area contributed by atoms with E-state index in [9.17, 15) is 0 Å². The fourth-order valence-corrected chi connectivity index (χ4v) is 8.38. The molecule has 0 N–H and O–H groups in total. The summed E-state index contributed by atoms with van der Waals surface area (Å²) in [7, 11) is 0. The van der Waals surface area contributed by atoms with Crippen molar-refractivity contribution in [3.63, 3.8) is 0 Å². The van der Waals surface area contributed by atoms with Gasteiger partial charge in [-0.2, -0.15) is 23.3 Å². The van der Waals surface area contributed by atoms with Crippen LogP contribution in [0.5, 0.6) is 0 Å². The van der Waals surface area contributed by atoms with Crippen molar-refractivity contribution in [3.8, 4) is 11.1 Å². The third-order valence-electron chi connectivity index (χ3n) is 11.0. The van der Waals surface area contributed by atoms with Gasteiger partial charge in [0.2, 0.25) is 0 Å². The van der Waals surface area contributed by atoms with Crippen LogP contribution in [-0.2, 0) is 52.3 Å². The molecule has 0 fully saturated rings. The van der Waals surface area contributed by atoms with Gasteiger partial charge in [-0.3, -0.25) is 6.08 Å². The van der Waals surface area contributed by atoms with Crippen LogP contribution in [0.3, 0.4) is 0 Å². The minimum absolute atomic E-state index is 0. The molecule has 3 aliphatic rings. The first-order chi connectivity index (χ1) is 24.2. The van der Waals surface area contributed by atoms with Crippen molar-refractivity contribution in [2.45, 2.75) is 111 Å². The molecule has 3 aliphatic carbocycles. The van der Waals surface area contributed by atoms with Crippen LogP contribution in [0.4, 0.5) is 0 Å². The second-order valence-electron chi connectivity index (χ2n) is 18.3. The van der Waals surface area contributed by atoms with Crippen molar-refractivity contribution in [2.24, 2.45) is 0 Å². The van der Waals surface area contributed by atoms with Gasteiger partial charge in [0.25, 0.3) is 0 Å². The maximum absolute atomic E-state index is 3.50. The first kappa shape index (κ1) is 43.8. The largest absolute Gasteiger partial charge is 1.00 e. The summed E-state index contributed by atoms with van der Waals surface area (Å²) in [4.78, 5) is 0. The predicted molar refractivity (Wildman–Crippen MR) is 222 cm³/mol. The molecule has 5 aromatic carbocycles. The number of halogens is 2. The van der Waals surface area contributed by atoms with Crippen LogP contribution >= 0.6 is 0 Å². The molecule has 0 unspecified atom stereocenters. The van der Waals surface area contributed by atoms with Crippen LogP contribution in [-0.4, -0.2) is 3.21 Å². The van der Waals surface area contributed by atoms with E-state index in [0.717, 1.165) is 6.42 Å². The smallest absolute Gasteiger partial charge is 0.00846 e. The Morgan fingerprint density at radius 3 is 1.57 bits per heavy atom. The molecule has 0 aromatic heterocycles. The number of benzene rings is 4. The Balaban J connectivity index is 0.000000198. The van der Waals surface area contributed by atoms with Crippen LogP contribution in [0, 0.1) is 19.9 Å². The summed E-state index contributed by atoms with van der Waals surface area (Å²) in [6.45, 7) is 26.9. The number of rotatable bonds is 2. The first-order valence-corrected chi connectivity index (χ1v) is 20.1. The Morgan fingerprint density at radius 2 is 1.15 bits per heavy atom. The minimum Gasteiger partial charge on any atom is -1.00 e. The summed E-state index contributed by atoms with van der Waals surface area (Å²) >= 11 is 1.46. The molecule has 3 heteroatoms. The van der Waals surface area contributed by atoms with Crippen molar-refractivity contribution in [1.29, 1.82) is 0 Å². The summed E-state index contributed by atoms with van der Waals surface area (Å²) in [6, 6.07) is 34.2. The Labute approximate surface area is 354 Å². The molecule has 0 radical (unpaired) electrons. The Hall–Kier alpha value is -2.96. The van der Waals surface area contributed by atoms with Crippen LogP contribution in [0.25, 0.3) is 23.3 Å². The van der Waals surface area contributed by atoms with Crippen molar-refractivity contribution in [3.05, 3.63) is 170 Å². The zero-order chi connectivity index (χ0) is 37.8. The van der Waals surface area contributed by atoms with Gasteiger partial charge in [-0.1, -0.05) is 71.2 Å². The Kier molecular flexibility index (Phi) is 13.2. The zero-order valence-corrected chi connectivity index (χ0v) is 38.3. The molecule has 0 nitrogen and oxygen atoms in total. The van der Waals surface area contributed by atoms with Crippen LogP contribution in [0.15, 0.2) is 97.1 Å². The fraction of sp³-hybridized carbons (Fsp3) is 0.333. The van der Waals surface area contributed by atoms with Gasteiger partial charge in [0.1, 0.15) is 0 Å². The van der Waals surface area contributed by atoms with Gasteiger partial charge in [-0.05, 0) is 45.9 Å². The third kappa shape index (κ3) is 9.35. The summed E-state index contributed by atoms with van der Waals surface area (Å²) in [5.74, 6) is 0. The number of allylic oxidation sites excluding steroid dienone is 2. The van der Waals surface area contributed by atoms with Crippen molar-refractivity contribution >= 4 is 15.4 Å². The standard InChI is InChI=1S/C23H21.C21H26.C7H9.2ClH.Zr/c1-22(2)7-5-14-10-18-16(12-20(14)22)9-17-13-21-15(11-19(17)18)6-8-23(21,3)4;1-20(2,3)18-11-7-16(8-12-18)15-17-9-13-19(14-10-17)21(4,5)6;1-6-3-4-7(2)5-6;;;/h5-7,10-13H,9H2,1-4H3;7-14H,1-6H3;3-5H,1-2H3;2*1H;/q-1;;-1;;;+2/p-2. The molecule has 8 rings (SSSR count). The van der Waals surface area contributed by atoms with Gasteiger partial charge in [0.15, 0.2) is 0 Å². The number of aryl methyl sites for hydroxylation is 2. The van der Waals surface area contributed by atoms with E-state index in [0.29, 0.717) is 0 Å². The monoisotopic (exact) mass is 828 g/mol. The Morgan fingerprint density at radius 1 is 0.667 bits per heavy atom. The molecule has 0 atom stereocenters. The van der Waals surface area contributed by atoms with E-state index in [1.54, 1.807) is 0 Å². The molecule has 0 saturated carbocycles. The first-order valence-electron chi connectivity index (χ1n) is 18.9. The summed E-state index contributed by atoms with van der Waals surface area (Å²) in [6.07, 6.45) is 11.4. The topological polar surface area (TPSA) is 0 Å². The third-order valence-corrected chi connectivity index (χ3v) is 12.4. The molecule has 280 valence electrons. The van der Waals surface area contributed by atoms with Gasteiger partial charge < -0.3 is 24.8 Å². The van der Waals surface area contributed by atoms with Crippen molar-refractivity contribution in [1.82, 2.24) is 0 Å². The second kappa shape index (κ2) is 16.3. The molecular formula is C51H56Cl2Zr-2. The molecule has 0 saturated heterocycles. The van der Waals surface area contributed by atoms with Crippen LogP contribution in [0.2, 0.25) is 0 Å². The fourth-order valence-electron chi connectivity index (χ4n) is 7.56. The average Bonchev–Trinajstić information content (AvgIpc) is 3.81. The zero-order valence-electron chi connectivity index (χ0n) is 34.4. The second-order valence-corrected chi connectivity index (χ2v) is 19.6. The number of hydrogen-bond acceptors (Lipinski definition) is 0. The molecule has 0 spiro atoms. The van der Waals surface area contributed by atoms with Crippen molar-refractivity contribution < 1.29 is 49.0 Å². The van der Waals surface area contributed by atoms with Gasteiger partial charge in [-0.15, -0.1) is 11.6 Å². The molecular weight excluding hydrogens is 775 g/mol. The maximum Gasteiger partial charge on any atom is 0.00846 e. The molecule has 0 heterocycles. The number of fused-ring (bicyclic) bond motifs is 5.